The normalized spacial score (nSPS) is 14.3. The van der Waals surface area contributed by atoms with Gasteiger partial charge in [-0.1, -0.05) is 109 Å². The van der Waals surface area contributed by atoms with Crippen LogP contribution in [-0.2, 0) is 5.54 Å². The highest BCUT2D eigenvalue weighted by molar-refractivity contribution is 6.30. The molecule has 0 spiro atoms. The zero-order valence-electron chi connectivity index (χ0n) is 18.2. The van der Waals surface area contributed by atoms with Crippen molar-refractivity contribution in [2.24, 2.45) is 0 Å². The third kappa shape index (κ3) is 3.19. The van der Waals surface area contributed by atoms with Crippen molar-refractivity contribution in [2.45, 2.75) is 30.7 Å². The predicted octanol–water partition coefficient (Wildman–Crippen LogP) is 7.19. The summed E-state index contributed by atoms with van der Waals surface area (Å²) in [7, 11) is 0. The van der Waals surface area contributed by atoms with Crippen LogP contribution in [0, 0.1) is 0 Å². The topological polar surface area (TPSA) is 30.7 Å². The lowest BCUT2D eigenvalue weighted by atomic mass is 9.77. The zero-order chi connectivity index (χ0) is 22.3. The fourth-order valence-corrected chi connectivity index (χ4v) is 5.30. The van der Waals surface area contributed by atoms with Crippen molar-refractivity contribution >= 4 is 22.5 Å². The minimum atomic E-state index is -0.658. The van der Waals surface area contributed by atoms with E-state index in [1.807, 2.05) is 12.3 Å². The summed E-state index contributed by atoms with van der Waals surface area (Å²) in [6, 6.07) is 33.9. The lowest BCUT2D eigenvalue weighted by Gasteiger charge is -2.37. The lowest BCUT2D eigenvalue weighted by Crippen LogP contribution is -2.38. The fourth-order valence-electron chi connectivity index (χ4n) is 5.15. The molecule has 0 unspecified atom stereocenters. The molecule has 0 N–H and O–H groups in total. The zero-order valence-corrected chi connectivity index (χ0v) is 19.0. The van der Waals surface area contributed by atoms with Crippen molar-refractivity contribution in [3.8, 4) is 0 Å². The van der Waals surface area contributed by atoms with E-state index in [-0.39, 0.29) is 0 Å². The lowest BCUT2D eigenvalue weighted by molar-refractivity contribution is 0.397. The van der Waals surface area contributed by atoms with E-state index in [0.29, 0.717) is 11.1 Å². The number of hydrogen-bond donors (Lipinski definition) is 0. The number of nitrogens with zero attached hydrogens (tertiary/aromatic N) is 3. The second kappa shape index (κ2) is 8.17. The van der Waals surface area contributed by atoms with Crippen molar-refractivity contribution in [2.75, 3.05) is 0 Å². The molecule has 3 nitrogen and oxygen atoms in total. The molecule has 0 aliphatic heterocycles. The van der Waals surface area contributed by atoms with Gasteiger partial charge in [0.05, 0.1) is 11.2 Å². The Hall–Kier alpha value is -3.43. The molecule has 6 rings (SSSR count). The van der Waals surface area contributed by atoms with Crippen LogP contribution in [0.15, 0.2) is 103 Å². The molecule has 1 saturated carbocycles. The third-order valence-corrected chi connectivity index (χ3v) is 7.15. The van der Waals surface area contributed by atoms with Crippen LogP contribution < -0.4 is 0 Å². The number of pyridine rings is 1. The standard InChI is InChI=1S/C29H24ClN3/c30-27-19-26-25(20-31-27)28(21-11-10-12-21)32-33(26)29(22-13-4-1-5-14-22,23-15-6-2-7-16-23)24-17-8-3-9-18-24/h1-9,13-21H,10-12H2. The Labute approximate surface area is 198 Å². The minimum Gasteiger partial charge on any atom is -0.245 e. The maximum Gasteiger partial charge on any atom is 0.138 e. The number of fused-ring (bicyclic) bond motifs is 1. The van der Waals surface area contributed by atoms with Crippen molar-refractivity contribution in [3.63, 3.8) is 0 Å². The molecule has 1 aliphatic carbocycles. The molecule has 0 radical (unpaired) electrons. The molecule has 0 saturated heterocycles. The maximum atomic E-state index is 6.46. The van der Waals surface area contributed by atoms with Gasteiger partial charge in [-0.2, -0.15) is 5.10 Å². The molecule has 1 aliphatic rings. The van der Waals surface area contributed by atoms with Crippen molar-refractivity contribution in [1.29, 1.82) is 0 Å². The molecule has 162 valence electrons. The molecule has 0 atom stereocenters. The molecule has 33 heavy (non-hydrogen) atoms. The van der Waals surface area contributed by atoms with Gasteiger partial charge >= 0.3 is 0 Å². The van der Waals surface area contributed by atoms with Crippen LogP contribution in [0.3, 0.4) is 0 Å². The molecule has 5 aromatic rings. The summed E-state index contributed by atoms with van der Waals surface area (Å²) in [5, 5.41) is 6.94. The average Bonchev–Trinajstić information content (AvgIpc) is 3.19. The highest BCUT2D eigenvalue weighted by Gasteiger charge is 2.41. The smallest absolute Gasteiger partial charge is 0.138 e. The van der Waals surface area contributed by atoms with Crippen LogP contribution in [0.2, 0.25) is 5.15 Å². The Morgan fingerprint density at radius 2 is 1.27 bits per heavy atom. The van der Waals surface area contributed by atoms with Crippen LogP contribution in [0.1, 0.15) is 47.6 Å². The Morgan fingerprint density at radius 3 is 1.73 bits per heavy atom. The van der Waals surface area contributed by atoms with E-state index in [0.717, 1.165) is 33.3 Å². The fraction of sp³-hybridized carbons (Fsp3) is 0.172. The summed E-state index contributed by atoms with van der Waals surface area (Å²) >= 11 is 6.46. The van der Waals surface area contributed by atoms with Crippen LogP contribution in [0.4, 0.5) is 0 Å². The number of aromatic nitrogens is 3. The van der Waals surface area contributed by atoms with Crippen molar-refractivity contribution in [1.82, 2.24) is 14.8 Å². The van der Waals surface area contributed by atoms with E-state index in [4.69, 9.17) is 16.7 Å². The van der Waals surface area contributed by atoms with E-state index in [9.17, 15) is 0 Å². The summed E-state index contributed by atoms with van der Waals surface area (Å²) in [5.41, 5.74) is 4.94. The SMILES string of the molecule is Clc1cc2c(cn1)c(C1CCC1)nn2C(c1ccccc1)(c1ccccc1)c1ccccc1. The van der Waals surface area contributed by atoms with E-state index in [1.54, 1.807) is 0 Å². The van der Waals surface area contributed by atoms with Gasteiger partial charge in [0, 0.05) is 23.6 Å². The molecule has 2 aromatic heterocycles. The number of benzene rings is 3. The van der Waals surface area contributed by atoms with E-state index < -0.39 is 5.54 Å². The first-order valence-corrected chi connectivity index (χ1v) is 11.9. The Morgan fingerprint density at radius 1 is 0.758 bits per heavy atom. The minimum absolute atomic E-state index is 0.469. The number of hydrogen-bond acceptors (Lipinski definition) is 2. The van der Waals surface area contributed by atoms with Gasteiger partial charge in [0.25, 0.3) is 0 Å². The van der Waals surface area contributed by atoms with Crippen LogP contribution in [-0.4, -0.2) is 14.8 Å². The van der Waals surface area contributed by atoms with Crippen molar-refractivity contribution in [3.05, 3.63) is 131 Å². The molecule has 1 fully saturated rings. The quantitative estimate of drug-likeness (QED) is 0.210. The summed E-state index contributed by atoms with van der Waals surface area (Å²) in [6.07, 6.45) is 5.50. The van der Waals surface area contributed by atoms with Crippen LogP contribution in [0.5, 0.6) is 0 Å². The van der Waals surface area contributed by atoms with Gasteiger partial charge in [-0.05, 0) is 29.5 Å². The van der Waals surface area contributed by atoms with Gasteiger partial charge in [0.2, 0.25) is 0 Å². The summed E-state index contributed by atoms with van der Waals surface area (Å²) in [4.78, 5) is 4.43. The summed E-state index contributed by atoms with van der Waals surface area (Å²) < 4.78 is 2.20. The number of rotatable bonds is 5. The average molecular weight is 450 g/mol. The van der Waals surface area contributed by atoms with Crippen LogP contribution in [0.25, 0.3) is 10.9 Å². The second-order valence-electron chi connectivity index (χ2n) is 8.76. The molecular weight excluding hydrogens is 426 g/mol. The predicted molar refractivity (Wildman–Crippen MR) is 134 cm³/mol. The first kappa shape index (κ1) is 20.2. The van der Waals surface area contributed by atoms with E-state index >= 15 is 0 Å². The van der Waals surface area contributed by atoms with Gasteiger partial charge in [0.15, 0.2) is 0 Å². The van der Waals surface area contributed by atoms with Gasteiger partial charge in [0.1, 0.15) is 10.7 Å². The Bertz CT molecular complexity index is 1290. The molecule has 2 heterocycles. The van der Waals surface area contributed by atoms with Gasteiger partial charge in [-0.25, -0.2) is 9.67 Å². The van der Waals surface area contributed by atoms with Gasteiger partial charge in [-0.3, -0.25) is 0 Å². The highest BCUT2D eigenvalue weighted by Crippen LogP contribution is 2.45. The number of halogens is 1. The van der Waals surface area contributed by atoms with E-state index in [2.05, 4.69) is 101 Å². The highest BCUT2D eigenvalue weighted by atomic mass is 35.5. The monoisotopic (exact) mass is 449 g/mol. The molecular formula is C29H24ClN3. The molecule has 3 aromatic carbocycles. The van der Waals surface area contributed by atoms with Gasteiger partial charge in [-0.15, -0.1) is 0 Å². The van der Waals surface area contributed by atoms with Crippen LogP contribution >= 0.6 is 11.6 Å². The van der Waals surface area contributed by atoms with E-state index in [1.165, 1.54) is 19.3 Å². The first-order valence-electron chi connectivity index (χ1n) is 11.5. The largest absolute Gasteiger partial charge is 0.245 e. The first-order chi connectivity index (χ1) is 16.3. The molecule has 4 heteroatoms. The Balaban J connectivity index is 1.78. The second-order valence-corrected chi connectivity index (χ2v) is 9.14. The summed E-state index contributed by atoms with van der Waals surface area (Å²) in [6.45, 7) is 0. The maximum absolute atomic E-state index is 6.46. The Kier molecular flexibility index (Phi) is 5.00. The third-order valence-electron chi connectivity index (χ3n) is 6.94. The van der Waals surface area contributed by atoms with Gasteiger partial charge < -0.3 is 0 Å². The molecule has 0 bridgehead atoms. The molecule has 0 amide bonds. The van der Waals surface area contributed by atoms with Crippen molar-refractivity contribution < 1.29 is 0 Å². The summed E-state index contributed by atoms with van der Waals surface area (Å²) in [5.74, 6) is 0.469.